The first kappa shape index (κ1) is 22.1. The molecular formula is C25H24N4O4S. The van der Waals surface area contributed by atoms with Crippen molar-refractivity contribution in [1.82, 2.24) is 10.3 Å². The summed E-state index contributed by atoms with van der Waals surface area (Å²) in [6.45, 7) is 3.58. The number of carbonyl (C=O) groups excluding carboxylic acids is 2. The van der Waals surface area contributed by atoms with Gasteiger partial charge in [0, 0.05) is 29.7 Å². The molecular weight excluding hydrogens is 452 g/mol. The molecule has 1 aromatic heterocycles. The van der Waals surface area contributed by atoms with Crippen molar-refractivity contribution in [2.24, 2.45) is 0 Å². The van der Waals surface area contributed by atoms with Crippen molar-refractivity contribution in [3.05, 3.63) is 71.9 Å². The van der Waals surface area contributed by atoms with Crippen molar-refractivity contribution >= 4 is 35.1 Å². The van der Waals surface area contributed by atoms with Gasteiger partial charge in [-0.3, -0.25) is 9.69 Å². The van der Waals surface area contributed by atoms with Gasteiger partial charge < -0.3 is 20.1 Å². The van der Waals surface area contributed by atoms with Crippen LogP contribution in [-0.4, -0.2) is 42.4 Å². The molecule has 5 rings (SSSR count). The van der Waals surface area contributed by atoms with Crippen LogP contribution >= 0.6 is 11.8 Å². The molecule has 0 spiro atoms. The van der Waals surface area contributed by atoms with E-state index in [1.54, 1.807) is 47.1 Å². The number of amides is 3. The molecule has 9 heteroatoms. The van der Waals surface area contributed by atoms with Crippen LogP contribution < -0.4 is 25.0 Å². The van der Waals surface area contributed by atoms with E-state index in [0.717, 1.165) is 22.0 Å². The molecule has 0 radical (unpaired) electrons. The Morgan fingerprint density at radius 1 is 1.06 bits per heavy atom. The highest BCUT2D eigenvalue weighted by Crippen LogP contribution is 2.33. The molecule has 2 N–H and O–H groups in total. The summed E-state index contributed by atoms with van der Waals surface area (Å²) in [5.74, 6) is 2.00. The van der Waals surface area contributed by atoms with Crippen molar-refractivity contribution in [2.45, 2.75) is 18.0 Å². The second-order valence-electron chi connectivity index (χ2n) is 7.93. The van der Waals surface area contributed by atoms with Gasteiger partial charge in [0.25, 0.3) is 5.91 Å². The van der Waals surface area contributed by atoms with Crippen molar-refractivity contribution in [3.8, 4) is 11.5 Å². The Hall–Kier alpha value is -3.72. The zero-order chi connectivity index (χ0) is 23.5. The van der Waals surface area contributed by atoms with Crippen LogP contribution in [0.15, 0.2) is 65.8 Å². The molecule has 1 atom stereocenters. The van der Waals surface area contributed by atoms with Crippen LogP contribution in [0.4, 0.5) is 16.2 Å². The van der Waals surface area contributed by atoms with Gasteiger partial charge in [-0.1, -0.05) is 6.07 Å². The molecule has 8 nitrogen and oxygen atoms in total. The minimum absolute atomic E-state index is 0.201. The lowest BCUT2D eigenvalue weighted by Crippen LogP contribution is -2.38. The second-order valence-corrected chi connectivity index (χ2v) is 9.02. The summed E-state index contributed by atoms with van der Waals surface area (Å²) in [6.07, 6.45) is 1.73. The van der Waals surface area contributed by atoms with Gasteiger partial charge >= 0.3 is 6.03 Å². The van der Waals surface area contributed by atoms with Crippen molar-refractivity contribution in [2.75, 3.05) is 35.7 Å². The summed E-state index contributed by atoms with van der Waals surface area (Å²) in [6, 6.07) is 15.8. The maximum Gasteiger partial charge on any atom is 0.326 e. The van der Waals surface area contributed by atoms with Crippen molar-refractivity contribution in [3.63, 3.8) is 0 Å². The van der Waals surface area contributed by atoms with Gasteiger partial charge in [-0.05, 0) is 61.0 Å². The third kappa shape index (κ3) is 4.65. The number of fused-ring (bicyclic) bond motifs is 2. The fraction of sp³-hybridized carbons (Fsp3) is 0.240. The number of pyridine rings is 1. The number of thioether (sulfide) groups is 1. The predicted octanol–water partition coefficient (Wildman–Crippen LogP) is 4.49. The highest BCUT2D eigenvalue weighted by Gasteiger charge is 2.24. The summed E-state index contributed by atoms with van der Waals surface area (Å²) in [5, 5.41) is 6.76. The molecule has 0 fully saturated rings. The standard InChI is InChI=1S/C25H24N4O4S/c1-16(18-6-9-21-22(15-18)33-13-12-32-21)27-23(30)17-4-7-19(8-5-17)28-25(31)29-11-14-34-24-20(29)3-2-10-26-24/h2-10,15-16H,11-14H2,1H3,(H,27,30)(H,28,31)/t16-/m0/s1. The molecule has 0 saturated carbocycles. The quantitative estimate of drug-likeness (QED) is 0.577. The van der Waals surface area contributed by atoms with E-state index in [4.69, 9.17) is 9.47 Å². The van der Waals surface area contributed by atoms with E-state index in [0.29, 0.717) is 42.5 Å². The van der Waals surface area contributed by atoms with E-state index in [1.165, 1.54) is 0 Å². The smallest absolute Gasteiger partial charge is 0.326 e. The lowest BCUT2D eigenvalue weighted by atomic mass is 10.1. The number of aromatic nitrogens is 1. The number of hydrogen-bond donors (Lipinski definition) is 2. The Morgan fingerprint density at radius 3 is 2.68 bits per heavy atom. The number of nitrogens with zero attached hydrogens (tertiary/aromatic N) is 2. The molecule has 34 heavy (non-hydrogen) atoms. The van der Waals surface area contributed by atoms with E-state index in [9.17, 15) is 9.59 Å². The predicted molar refractivity (Wildman–Crippen MR) is 131 cm³/mol. The number of carbonyl (C=O) groups is 2. The molecule has 0 bridgehead atoms. The van der Waals surface area contributed by atoms with Gasteiger partial charge in [-0.2, -0.15) is 0 Å². The summed E-state index contributed by atoms with van der Waals surface area (Å²) in [5.41, 5.74) is 2.85. The molecule has 2 aromatic carbocycles. The zero-order valence-corrected chi connectivity index (χ0v) is 19.4. The van der Waals surface area contributed by atoms with E-state index < -0.39 is 0 Å². The number of urea groups is 1. The topological polar surface area (TPSA) is 92.8 Å². The van der Waals surface area contributed by atoms with Crippen LogP contribution in [0.5, 0.6) is 11.5 Å². The number of nitrogens with one attached hydrogen (secondary N) is 2. The van der Waals surface area contributed by atoms with E-state index >= 15 is 0 Å². The maximum absolute atomic E-state index is 12.8. The van der Waals surface area contributed by atoms with Gasteiger partial charge in [0.2, 0.25) is 0 Å². The molecule has 0 unspecified atom stereocenters. The van der Waals surface area contributed by atoms with Crippen LogP contribution in [-0.2, 0) is 0 Å². The van der Waals surface area contributed by atoms with Crippen molar-refractivity contribution < 1.29 is 19.1 Å². The fourth-order valence-electron chi connectivity index (χ4n) is 3.85. The number of ether oxygens (including phenoxy) is 2. The first-order chi connectivity index (χ1) is 16.6. The lowest BCUT2D eigenvalue weighted by molar-refractivity contribution is 0.0939. The van der Waals surface area contributed by atoms with Gasteiger partial charge in [-0.25, -0.2) is 9.78 Å². The molecule has 0 saturated heterocycles. The SMILES string of the molecule is C[C@H](NC(=O)c1ccc(NC(=O)N2CCSc3ncccc32)cc1)c1ccc2c(c1)OCCO2. The Kier molecular flexibility index (Phi) is 6.27. The van der Waals surface area contributed by atoms with Gasteiger partial charge in [-0.15, -0.1) is 11.8 Å². The van der Waals surface area contributed by atoms with E-state index in [-0.39, 0.29) is 18.0 Å². The van der Waals surface area contributed by atoms with Gasteiger partial charge in [0.15, 0.2) is 11.5 Å². The molecule has 2 aliphatic rings. The first-order valence-electron chi connectivity index (χ1n) is 11.1. The van der Waals surface area contributed by atoms with Crippen LogP contribution in [0.25, 0.3) is 0 Å². The first-order valence-corrected chi connectivity index (χ1v) is 12.0. The lowest BCUT2D eigenvalue weighted by Gasteiger charge is -2.28. The minimum Gasteiger partial charge on any atom is -0.486 e. The third-order valence-corrected chi connectivity index (χ3v) is 6.63. The van der Waals surface area contributed by atoms with Crippen LogP contribution in [0.2, 0.25) is 0 Å². The van der Waals surface area contributed by atoms with Crippen LogP contribution in [0, 0.1) is 0 Å². The molecule has 3 heterocycles. The van der Waals surface area contributed by atoms with E-state index in [1.807, 2.05) is 37.3 Å². The third-order valence-electron chi connectivity index (χ3n) is 5.65. The average Bonchev–Trinajstić information content (AvgIpc) is 2.88. The summed E-state index contributed by atoms with van der Waals surface area (Å²) < 4.78 is 11.2. The fourth-order valence-corrected chi connectivity index (χ4v) is 4.78. The van der Waals surface area contributed by atoms with E-state index in [2.05, 4.69) is 15.6 Å². The van der Waals surface area contributed by atoms with Gasteiger partial charge in [0.1, 0.15) is 18.2 Å². The highest BCUT2D eigenvalue weighted by molar-refractivity contribution is 7.99. The summed E-state index contributed by atoms with van der Waals surface area (Å²) >= 11 is 1.64. The largest absolute Gasteiger partial charge is 0.486 e. The summed E-state index contributed by atoms with van der Waals surface area (Å²) in [4.78, 5) is 31.6. The Bertz CT molecular complexity index is 1220. The minimum atomic E-state index is -0.223. The highest BCUT2D eigenvalue weighted by atomic mass is 32.2. The Balaban J connectivity index is 1.21. The summed E-state index contributed by atoms with van der Waals surface area (Å²) in [7, 11) is 0. The normalized spacial score (nSPS) is 15.1. The number of anilines is 2. The monoisotopic (exact) mass is 476 g/mol. The molecule has 2 aliphatic heterocycles. The molecule has 174 valence electrons. The molecule has 3 amide bonds. The van der Waals surface area contributed by atoms with Gasteiger partial charge in [0.05, 0.1) is 11.7 Å². The number of hydrogen-bond acceptors (Lipinski definition) is 6. The second kappa shape index (κ2) is 9.64. The van der Waals surface area contributed by atoms with Crippen LogP contribution in [0.3, 0.4) is 0 Å². The molecule has 3 aromatic rings. The average molecular weight is 477 g/mol. The Morgan fingerprint density at radius 2 is 1.85 bits per heavy atom. The van der Waals surface area contributed by atoms with Crippen molar-refractivity contribution in [1.29, 1.82) is 0 Å². The Labute approximate surface area is 201 Å². The zero-order valence-electron chi connectivity index (χ0n) is 18.6. The number of rotatable bonds is 4. The van der Waals surface area contributed by atoms with Crippen LogP contribution in [0.1, 0.15) is 28.9 Å². The number of benzene rings is 2. The maximum atomic E-state index is 12.8. The molecule has 0 aliphatic carbocycles.